The highest BCUT2D eigenvalue weighted by molar-refractivity contribution is 6.46. The number of benzene rings is 1. The van der Waals surface area contributed by atoms with E-state index >= 15 is 0 Å². The molecular weight excluding hydrogens is 413 g/mol. The number of halogens is 3. The fraction of sp³-hybridized carbons (Fsp3) is 0.143. The molecule has 0 bridgehead atoms. The van der Waals surface area contributed by atoms with Gasteiger partial charge in [-0.25, -0.2) is 13.8 Å². The smallest absolute Gasteiger partial charge is 0.298 e. The number of hydrogen-bond donors (Lipinski definition) is 2. The summed E-state index contributed by atoms with van der Waals surface area (Å²) in [6.45, 7) is 3.07. The Labute approximate surface area is 174 Å². The third-order valence-corrected chi connectivity index (χ3v) is 4.74. The van der Waals surface area contributed by atoms with Crippen molar-refractivity contribution < 1.29 is 27.6 Å². The van der Waals surface area contributed by atoms with Crippen molar-refractivity contribution in [2.45, 2.75) is 13.8 Å². The Hall–Kier alpha value is -3.95. The summed E-state index contributed by atoms with van der Waals surface area (Å²) in [5, 5.41) is 4.77. The van der Waals surface area contributed by atoms with Gasteiger partial charge in [-0.3, -0.25) is 14.4 Å². The van der Waals surface area contributed by atoms with Gasteiger partial charge in [-0.05, 0) is 43.7 Å². The minimum atomic E-state index is -1.12. The molecule has 0 saturated heterocycles. The van der Waals surface area contributed by atoms with E-state index in [1.807, 2.05) is 0 Å². The van der Waals surface area contributed by atoms with Crippen molar-refractivity contribution in [3.8, 4) is 0 Å². The van der Waals surface area contributed by atoms with Gasteiger partial charge in [0.05, 0.1) is 23.1 Å². The molecule has 31 heavy (non-hydrogen) atoms. The summed E-state index contributed by atoms with van der Waals surface area (Å²) >= 11 is 0. The van der Waals surface area contributed by atoms with E-state index in [2.05, 4.69) is 15.6 Å². The third-order valence-electron chi connectivity index (χ3n) is 4.74. The topological polar surface area (TPSA) is 93.1 Å². The lowest BCUT2D eigenvalue weighted by molar-refractivity contribution is -0.112. The van der Waals surface area contributed by atoms with Crippen LogP contribution < -0.4 is 10.6 Å². The normalized spacial score (nSPS) is 10.6. The fourth-order valence-corrected chi connectivity index (χ4v) is 3.15. The molecule has 0 unspecified atom stereocenters. The Bertz CT molecular complexity index is 1200. The summed E-state index contributed by atoms with van der Waals surface area (Å²) < 4.78 is 40.8. The van der Waals surface area contributed by atoms with Crippen molar-refractivity contribution in [1.82, 2.24) is 9.55 Å². The van der Waals surface area contributed by atoms with Gasteiger partial charge >= 0.3 is 0 Å². The first-order chi connectivity index (χ1) is 14.6. The number of ketones is 1. The quantitative estimate of drug-likeness (QED) is 0.368. The van der Waals surface area contributed by atoms with Crippen LogP contribution >= 0.6 is 0 Å². The van der Waals surface area contributed by atoms with Gasteiger partial charge < -0.3 is 15.2 Å². The highest BCUT2D eigenvalue weighted by Crippen LogP contribution is 2.24. The van der Waals surface area contributed by atoms with Crippen LogP contribution in [0, 0.1) is 31.4 Å². The largest absolute Gasteiger partial charge is 0.344 e. The van der Waals surface area contributed by atoms with E-state index in [-0.39, 0.29) is 28.2 Å². The molecular formula is C21H17F3N4O3. The first kappa shape index (κ1) is 21.8. The van der Waals surface area contributed by atoms with Crippen LogP contribution in [0.15, 0.2) is 36.5 Å². The highest BCUT2D eigenvalue weighted by atomic mass is 19.2. The van der Waals surface area contributed by atoms with Crippen molar-refractivity contribution >= 4 is 29.0 Å². The van der Waals surface area contributed by atoms with E-state index < -0.39 is 35.2 Å². The molecule has 0 spiro atoms. The molecule has 0 saturated carbocycles. The molecule has 2 aromatic heterocycles. The highest BCUT2D eigenvalue weighted by Gasteiger charge is 2.28. The number of rotatable bonds is 5. The Kier molecular flexibility index (Phi) is 5.91. The summed E-state index contributed by atoms with van der Waals surface area (Å²) in [4.78, 5) is 41.2. The molecule has 3 rings (SSSR count). The Morgan fingerprint density at radius 3 is 2.23 bits per heavy atom. The van der Waals surface area contributed by atoms with Crippen molar-refractivity contribution in [3.05, 3.63) is 76.6 Å². The van der Waals surface area contributed by atoms with Crippen LogP contribution in [0.4, 0.5) is 24.5 Å². The second-order valence-electron chi connectivity index (χ2n) is 6.73. The molecule has 1 aromatic carbocycles. The van der Waals surface area contributed by atoms with E-state index in [9.17, 15) is 27.6 Å². The second kappa shape index (κ2) is 8.42. The zero-order valence-corrected chi connectivity index (χ0v) is 16.7. The summed E-state index contributed by atoms with van der Waals surface area (Å²) in [5.41, 5.74) is 0.864. The summed E-state index contributed by atoms with van der Waals surface area (Å²) in [7, 11) is 1.51. The maximum Gasteiger partial charge on any atom is 0.298 e. The maximum absolute atomic E-state index is 13.4. The van der Waals surface area contributed by atoms with E-state index in [0.29, 0.717) is 5.69 Å². The third kappa shape index (κ3) is 4.32. The number of hydrogen-bond acceptors (Lipinski definition) is 4. The average molecular weight is 430 g/mol. The number of carbonyl (C=O) groups is 3. The van der Waals surface area contributed by atoms with Crippen LogP contribution in [0.25, 0.3) is 0 Å². The van der Waals surface area contributed by atoms with Crippen molar-refractivity contribution in [2.75, 3.05) is 10.6 Å². The van der Waals surface area contributed by atoms with Crippen molar-refractivity contribution in [1.29, 1.82) is 0 Å². The summed E-state index contributed by atoms with van der Waals surface area (Å²) in [6, 6.07) is 5.17. The van der Waals surface area contributed by atoms with Crippen LogP contribution in [0.1, 0.15) is 32.1 Å². The second-order valence-corrected chi connectivity index (χ2v) is 6.73. The van der Waals surface area contributed by atoms with Crippen LogP contribution in [0.2, 0.25) is 0 Å². The number of Topliss-reactive ketones (excluding diaryl/α,β-unsaturated/α-hetero) is 1. The summed E-state index contributed by atoms with van der Waals surface area (Å²) in [6.07, 6.45) is 1.06. The molecule has 10 heteroatoms. The van der Waals surface area contributed by atoms with Crippen LogP contribution in [0.5, 0.6) is 0 Å². The lowest BCUT2D eigenvalue weighted by atomic mass is 10.1. The van der Waals surface area contributed by atoms with Crippen LogP contribution in [0.3, 0.4) is 0 Å². The van der Waals surface area contributed by atoms with Crippen LogP contribution in [-0.2, 0) is 11.8 Å². The Balaban J connectivity index is 1.87. The minimum Gasteiger partial charge on any atom is -0.344 e. The van der Waals surface area contributed by atoms with Gasteiger partial charge in [0.1, 0.15) is 0 Å². The monoisotopic (exact) mass is 430 g/mol. The number of nitrogens with zero attached hydrogens (tertiary/aromatic N) is 2. The molecule has 2 heterocycles. The summed E-state index contributed by atoms with van der Waals surface area (Å²) in [5.74, 6) is -5.49. The molecule has 2 amide bonds. The predicted octanol–water partition coefficient (Wildman–Crippen LogP) is 3.53. The van der Waals surface area contributed by atoms with E-state index in [0.717, 1.165) is 24.4 Å². The van der Waals surface area contributed by atoms with Gasteiger partial charge in [-0.15, -0.1) is 0 Å². The van der Waals surface area contributed by atoms with Gasteiger partial charge in [0.25, 0.3) is 17.6 Å². The SMILES string of the molecule is Cc1c(C(=O)Nc2ccc(F)c(F)c2)c(C)n(C)c1C(=O)C(=O)Nc1ccc(F)nc1. The van der Waals surface area contributed by atoms with Gasteiger partial charge in [0.2, 0.25) is 5.95 Å². The van der Waals surface area contributed by atoms with Gasteiger partial charge in [-0.2, -0.15) is 4.39 Å². The lowest BCUT2D eigenvalue weighted by Crippen LogP contribution is -2.25. The molecule has 0 aliphatic heterocycles. The molecule has 7 nitrogen and oxygen atoms in total. The average Bonchev–Trinajstić information content (AvgIpc) is 2.94. The maximum atomic E-state index is 13.4. The lowest BCUT2D eigenvalue weighted by Gasteiger charge is -2.07. The standard InChI is InChI=1S/C21H17F3N4O3/c1-10-17(20(30)26-12-4-6-14(22)15(23)8-12)11(2)28(3)18(10)19(29)21(31)27-13-5-7-16(24)25-9-13/h4-9H,1-3H3,(H,26,30)(H,27,31). The Morgan fingerprint density at radius 1 is 0.935 bits per heavy atom. The van der Waals surface area contributed by atoms with Gasteiger partial charge in [-0.1, -0.05) is 0 Å². The van der Waals surface area contributed by atoms with E-state index in [1.54, 1.807) is 6.92 Å². The minimum absolute atomic E-state index is 0.0273. The number of nitrogens with one attached hydrogen (secondary N) is 2. The Morgan fingerprint density at radius 2 is 1.61 bits per heavy atom. The van der Waals surface area contributed by atoms with Gasteiger partial charge in [0.15, 0.2) is 11.6 Å². The molecule has 0 atom stereocenters. The first-order valence-electron chi connectivity index (χ1n) is 8.99. The molecule has 0 fully saturated rings. The number of anilines is 2. The van der Waals surface area contributed by atoms with Gasteiger partial charge in [0, 0.05) is 24.5 Å². The molecule has 0 radical (unpaired) electrons. The first-order valence-corrected chi connectivity index (χ1v) is 8.99. The van der Waals surface area contributed by atoms with E-state index in [4.69, 9.17) is 0 Å². The molecule has 3 aromatic rings. The molecule has 0 aliphatic carbocycles. The number of carbonyl (C=O) groups excluding carboxylic acids is 3. The van der Waals surface area contributed by atoms with Crippen LogP contribution in [-0.4, -0.2) is 27.1 Å². The number of aromatic nitrogens is 2. The molecule has 0 aliphatic rings. The fourth-order valence-electron chi connectivity index (χ4n) is 3.15. The predicted molar refractivity (Wildman–Crippen MR) is 106 cm³/mol. The van der Waals surface area contributed by atoms with E-state index in [1.165, 1.54) is 30.7 Å². The van der Waals surface area contributed by atoms with Crippen molar-refractivity contribution in [3.63, 3.8) is 0 Å². The molecule has 2 N–H and O–H groups in total. The zero-order chi connectivity index (χ0) is 22.9. The van der Waals surface area contributed by atoms with Crippen molar-refractivity contribution in [2.24, 2.45) is 7.05 Å². The number of amides is 2. The number of pyridine rings is 1. The molecule has 160 valence electrons. The zero-order valence-electron chi connectivity index (χ0n) is 16.7.